The molecule has 0 bridgehead atoms. The lowest BCUT2D eigenvalue weighted by molar-refractivity contribution is -0.153. The quantitative estimate of drug-likeness (QED) is 0.457. The summed E-state index contributed by atoms with van der Waals surface area (Å²) >= 11 is 1.36. The maximum Gasteiger partial charge on any atom is 0.362 e. The zero-order chi connectivity index (χ0) is 18.4. The van der Waals surface area contributed by atoms with Gasteiger partial charge in [0.2, 0.25) is 5.69 Å². The molecule has 0 saturated heterocycles. The Morgan fingerprint density at radius 1 is 1.21 bits per heavy atom. The van der Waals surface area contributed by atoms with Gasteiger partial charge in [0.25, 0.3) is 5.82 Å². The molecule has 0 amide bonds. The Morgan fingerprint density at radius 2 is 1.71 bits per heavy atom. The minimum absolute atomic E-state index is 0.0750. The van der Waals surface area contributed by atoms with E-state index < -0.39 is 29.1 Å². The minimum Gasteiger partial charge on any atom is -0.476 e. The molecule has 8 nitrogen and oxygen atoms in total. The van der Waals surface area contributed by atoms with Crippen molar-refractivity contribution >= 4 is 28.1 Å². The molecule has 134 valence electrons. The Morgan fingerprint density at radius 3 is 2.08 bits per heavy atom. The van der Waals surface area contributed by atoms with E-state index in [1.807, 2.05) is 13.8 Å². The van der Waals surface area contributed by atoms with Crippen LogP contribution in [0.5, 0.6) is 0 Å². The molecule has 0 fully saturated rings. The van der Waals surface area contributed by atoms with Crippen molar-refractivity contribution in [1.82, 2.24) is 13.9 Å². The summed E-state index contributed by atoms with van der Waals surface area (Å²) in [5.74, 6) is -1.20. The third-order valence-corrected chi connectivity index (χ3v) is 5.81. The average molecular weight is 358 g/mol. The summed E-state index contributed by atoms with van der Waals surface area (Å²) in [7, 11) is 0. The second kappa shape index (κ2) is 6.41. The molecule has 0 spiro atoms. The number of carboxylic acid groups (broad SMARTS) is 1. The summed E-state index contributed by atoms with van der Waals surface area (Å²) in [4.78, 5) is 17.4. The lowest BCUT2D eigenvalue weighted by Gasteiger charge is -2.43. The highest BCUT2D eigenvalue weighted by Crippen LogP contribution is 2.39. The van der Waals surface area contributed by atoms with E-state index in [1.165, 1.54) is 32.1 Å². The fourth-order valence-corrected chi connectivity index (χ4v) is 4.42. The highest BCUT2D eigenvalue weighted by Gasteiger charge is 2.51. The number of hydrogen-bond acceptors (Lipinski definition) is 6. The third kappa shape index (κ3) is 2.44. The molecule has 2 aromatic rings. The molecule has 2 heterocycles. The molecule has 0 aliphatic heterocycles. The van der Waals surface area contributed by atoms with Crippen LogP contribution in [0, 0.1) is 6.92 Å². The molecule has 0 saturated carbocycles. The van der Waals surface area contributed by atoms with Gasteiger partial charge >= 0.3 is 5.97 Å². The molecular formula is C15H24N3O5S+. The van der Waals surface area contributed by atoms with Crippen molar-refractivity contribution in [3.8, 4) is 0 Å². The van der Waals surface area contributed by atoms with Crippen molar-refractivity contribution in [1.29, 1.82) is 0 Å². The van der Waals surface area contributed by atoms with Crippen molar-refractivity contribution in [3.63, 3.8) is 0 Å². The minimum atomic E-state index is -1.28. The van der Waals surface area contributed by atoms with Gasteiger partial charge in [0.15, 0.2) is 23.6 Å². The van der Waals surface area contributed by atoms with Crippen LogP contribution in [0.1, 0.15) is 48.8 Å². The predicted octanol–water partition coefficient (Wildman–Crippen LogP) is 1.29. The molecule has 2 aromatic heterocycles. The summed E-state index contributed by atoms with van der Waals surface area (Å²) in [6.45, 7) is 8.04. The number of aryl methyl sites for hydroxylation is 2. The number of hydrogen-bond donors (Lipinski definition) is 4. The van der Waals surface area contributed by atoms with Gasteiger partial charge in [-0.2, -0.15) is 4.48 Å². The van der Waals surface area contributed by atoms with E-state index in [2.05, 4.69) is 4.98 Å². The monoisotopic (exact) mass is 358 g/mol. The van der Waals surface area contributed by atoms with Crippen LogP contribution >= 0.6 is 11.3 Å². The highest BCUT2D eigenvalue weighted by atomic mass is 32.1. The molecule has 24 heavy (non-hydrogen) atoms. The van der Waals surface area contributed by atoms with Crippen molar-refractivity contribution in [3.05, 3.63) is 16.3 Å². The number of nitrogens with zero attached hydrogens (tertiary/aromatic N) is 3. The first-order valence-corrected chi connectivity index (χ1v) is 8.59. The lowest BCUT2D eigenvalue weighted by Crippen LogP contribution is -2.67. The Bertz CT molecular complexity index is 741. The van der Waals surface area contributed by atoms with Crippen LogP contribution in [0.2, 0.25) is 0 Å². The van der Waals surface area contributed by atoms with E-state index in [0.29, 0.717) is 4.96 Å². The van der Waals surface area contributed by atoms with Crippen molar-refractivity contribution < 1.29 is 25.2 Å². The molecule has 0 aliphatic carbocycles. The van der Waals surface area contributed by atoms with Gasteiger partial charge < -0.3 is 20.4 Å². The first-order valence-electron chi connectivity index (χ1n) is 7.77. The Kier molecular flexibility index (Phi) is 5.03. The largest absolute Gasteiger partial charge is 0.476 e. The third-order valence-electron chi connectivity index (χ3n) is 4.52. The topological polar surface area (TPSA) is 115 Å². The lowest BCUT2D eigenvalue weighted by atomic mass is 10.2. The van der Waals surface area contributed by atoms with E-state index in [0.717, 1.165) is 17.0 Å². The zero-order valence-electron chi connectivity index (χ0n) is 14.4. The van der Waals surface area contributed by atoms with Crippen LogP contribution in [0.4, 0.5) is 5.82 Å². The Labute approximate surface area is 143 Å². The molecule has 3 unspecified atom stereocenters. The number of aliphatic hydroxyl groups excluding tert-OH is 3. The number of rotatable bonds is 6. The van der Waals surface area contributed by atoms with E-state index in [-0.39, 0.29) is 11.5 Å². The van der Waals surface area contributed by atoms with Crippen LogP contribution in [0.25, 0.3) is 4.96 Å². The van der Waals surface area contributed by atoms with Crippen LogP contribution < -0.4 is 4.48 Å². The number of imidazole rings is 1. The molecule has 0 aliphatic rings. The maximum atomic E-state index is 11.7. The van der Waals surface area contributed by atoms with Crippen molar-refractivity contribution in [2.24, 2.45) is 0 Å². The van der Waals surface area contributed by atoms with Gasteiger partial charge in [-0.1, -0.05) is 6.92 Å². The number of fused-ring (bicyclic) bond motifs is 1. The summed E-state index contributed by atoms with van der Waals surface area (Å²) in [6.07, 6.45) is -3.02. The maximum absolute atomic E-state index is 11.7. The van der Waals surface area contributed by atoms with Gasteiger partial charge in [-0.25, -0.2) is 14.2 Å². The number of aromatic nitrogens is 2. The second-order valence-electron chi connectivity index (χ2n) is 5.90. The van der Waals surface area contributed by atoms with E-state index in [9.17, 15) is 25.2 Å². The number of quaternary nitrogens is 1. The van der Waals surface area contributed by atoms with Gasteiger partial charge in [-0.05, 0) is 13.3 Å². The van der Waals surface area contributed by atoms with Gasteiger partial charge in [0.1, 0.15) is 0 Å². The van der Waals surface area contributed by atoms with Gasteiger partial charge in [0, 0.05) is 31.3 Å². The zero-order valence-corrected chi connectivity index (χ0v) is 15.2. The second-order valence-corrected chi connectivity index (χ2v) is 6.96. The predicted molar refractivity (Wildman–Crippen MR) is 91.0 cm³/mol. The van der Waals surface area contributed by atoms with E-state index in [1.54, 1.807) is 4.40 Å². The molecule has 0 radical (unpaired) electrons. The standard InChI is InChI=1S/C15H23N3O5S/c1-6-11-7(2)17-13(12(14(22)23)16-15(17)24-11)18(8(3)19,9(4)20)10(5)21/h8-10,19-21H,6H2,1-5H3/p+1. The summed E-state index contributed by atoms with van der Waals surface area (Å²) in [6, 6.07) is 0. The van der Waals surface area contributed by atoms with Gasteiger partial charge in [0.05, 0.1) is 0 Å². The smallest absolute Gasteiger partial charge is 0.362 e. The van der Waals surface area contributed by atoms with Gasteiger partial charge in [-0.15, -0.1) is 11.3 Å². The fourth-order valence-electron chi connectivity index (χ4n) is 3.37. The fraction of sp³-hybridized carbons (Fsp3) is 0.600. The van der Waals surface area contributed by atoms with Crippen molar-refractivity contribution in [2.75, 3.05) is 0 Å². The first kappa shape index (κ1) is 18.8. The Balaban J connectivity index is 3.01. The average Bonchev–Trinajstić information content (AvgIpc) is 2.96. The van der Waals surface area contributed by atoms with E-state index in [4.69, 9.17) is 0 Å². The summed E-state index contributed by atoms with van der Waals surface area (Å²) in [5, 5.41) is 40.8. The normalized spacial score (nSPS) is 18.3. The SMILES string of the molecule is CCc1sc2nc(C(=O)O)c([N+](C(C)O)(C(C)O)C(C)O)n2c1C. The van der Waals surface area contributed by atoms with Crippen LogP contribution in [0.3, 0.4) is 0 Å². The number of aliphatic hydroxyl groups is 3. The molecule has 3 atom stereocenters. The number of carboxylic acids is 1. The Hall–Kier alpha value is -1.52. The van der Waals surface area contributed by atoms with Crippen LogP contribution in [-0.2, 0) is 6.42 Å². The van der Waals surface area contributed by atoms with Crippen LogP contribution in [-0.4, -0.2) is 54.5 Å². The highest BCUT2D eigenvalue weighted by molar-refractivity contribution is 7.17. The molecule has 0 aromatic carbocycles. The summed E-state index contributed by atoms with van der Waals surface area (Å²) in [5.41, 5.74) is 0.506. The first-order chi connectivity index (χ1) is 11.1. The van der Waals surface area contributed by atoms with E-state index >= 15 is 0 Å². The van der Waals surface area contributed by atoms with Crippen LogP contribution in [0.15, 0.2) is 0 Å². The van der Waals surface area contributed by atoms with Gasteiger partial charge in [-0.3, -0.25) is 0 Å². The molecular weight excluding hydrogens is 334 g/mol. The summed E-state index contributed by atoms with van der Waals surface area (Å²) < 4.78 is 0.892. The van der Waals surface area contributed by atoms with Crippen molar-refractivity contribution in [2.45, 2.75) is 59.7 Å². The number of aromatic carboxylic acids is 1. The number of thiazole rings is 1. The number of carbonyl (C=O) groups is 1. The molecule has 4 N–H and O–H groups in total. The molecule has 9 heteroatoms. The molecule has 2 rings (SSSR count).